The molecule has 3 nitrogen and oxygen atoms in total. The van der Waals surface area contributed by atoms with Crippen LogP contribution >= 0.6 is 0 Å². The van der Waals surface area contributed by atoms with Crippen molar-refractivity contribution in [2.75, 3.05) is 0 Å². The van der Waals surface area contributed by atoms with Crippen LogP contribution in [0, 0.1) is 0 Å². The average molecular weight is 802 g/mol. The quantitative estimate of drug-likeness (QED) is 0.159. The van der Waals surface area contributed by atoms with E-state index in [1.807, 2.05) is 0 Å². The molecule has 0 fully saturated rings. The second-order valence-corrected chi connectivity index (χ2v) is 16.4. The van der Waals surface area contributed by atoms with Gasteiger partial charge in [-0.2, -0.15) is 0 Å². The Morgan fingerprint density at radius 1 is 0.222 bits per heavy atom. The first-order valence-corrected chi connectivity index (χ1v) is 21.7. The topological polar surface area (TPSA) is 14.8 Å². The molecule has 0 aliphatic rings. The van der Waals surface area contributed by atoms with Crippen LogP contribution in [-0.2, 0) is 0 Å². The molecule has 10 aromatic carbocycles. The molecular weight excluding hydrogens is 763 g/mol. The summed E-state index contributed by atoms with van der Waals surface area (Å²) in [7, 11) is 0. The van der Waals surface area contributed by atoms with Crippen LogP contribution in [0.2, 0.25) is 0 Å². The molecule has 0 saturated carbocycles. The van der Waals surface area contributed by atoms with Gasteiger partial charge in [-0.25, -0.2) is 0 Å². The Kier molecular flexibility index (Phi) is 7.91. The number of fused-ring (bicyclic) bond motifs is 9. The maximum absolute atomic E-state index is 2.49. The first kappa shape index (κ1) is 35.4. The summed E-state index contributed by atoms with van der Waals surface area (Å²) in [5.74, 6) is 0. The number of para-hydroxylation sites is 6. The van der Waals surface area contributed by atoms with E-state index in [1.54, 1.807) is 0 Å². The van der Waals surface area contributed by atoms with Crippen molar-refractivity contribution in [2.45, 2.75) is 0 Å². The van der Waals surface area contributed by atoms with E-state index in [1.165, 1.54) is 98.8 Å². The highest BCUT2D eigenvalue weighted by atomic mass is 15.0. The van der Waals surface area contributed by atoms with E-state index < -0.39 is 0 Å². The molecule has 0 radical (unpaired) electrons. The molecule has 3 heterocycles. The Morgan fingerprint density at radius 3 is 1.25 bits per heavy atom. The van der Waals surface area contributed by atoms with E-state index in [2.05, 4.69) is 250 Å². The minimum absolute atomic E-state index is 1.14. The van der Waals surface area contributed by atoms with Crippen LogP contribution in [0.3, 0.4) is 0 Å². The highest BCUT2D eigenvalue weighted by Crippen LogP contribution is 2.46. The van der Waals surface area contributed by atoms with Gasteiger partial charge in [0.25, 0.3) is 0 Å². The lowest BCUT2D eigenvalue weighted by atomic mass is 9.94. The fourth-order valence-electron chi connectivity index (χ4n) is 10.4. The summed E-state index contributed by atoms with van der Waals surface area (Å²) in [6.07, 6.45) is 0. The lowest BCUT2D eigenvalue weighted by Crippen LogP contribution is -2.01. The fourth-order valence-corrected chi connectivity index (χ4v) is 10.4. The molecule has 0 amide bonds. The Bertz CT molecular complexity index is 3850. The molecule has 0 aliphatic carbocycles. The van der Waals surface area contributed by atoms with Crippen LogP contribution in [0.4, 0.5) is 0 Å². The van der Waals surface area contributed by atoms with Crippen LogP contribution in [0.1, 0.15) is 0 Å². The predicted molar refractivity (Wildman–Crippen MR) is 266 cm³/mol. The van der Waals surface area contributed by atoms with Gasteiger partial charge < -0.3 is 13.7 Å². The van der Waals surface area contributed by atoms with E-state index in [0.29, 0.717) is 0 Å². The van der Waals surface area contributed by atoms with Crippen molar-refractivity contribution in [1.29, 1.82) is 0 Å². The largest absolute Gasteiger partial charge is 0.309 e. The van der Waals surface area contributed by atoms with E-state index in [9.17, 15) is 0 Å². The van der Waals surface area contributed by atoms with Crippen LogP contribution in [0.25, 0.3) is 116 Å². The third-order valence-corrected chi connectivity index (χ3v) is 13.1. The third kappa shape index (κ3) is 5.33. The van der Waals surface area contributed by atoms with Gasteiger partial charge in [0.2, 0.25) is 0 Å². The molecule has 0 atom stereocenters. The van der Waals surface area contributed by atoms with Crippen LogP contribution in [0.5, 0.6) is 0 Å². The van der Waals surface area contributed by atoms with Gasteiger partial charge in [0, 0.05) is 49.1 Å². The zero-order valence-electron chi connectivity index (χ0n) is 34.4. The average Bonchev–Trinajstić information content (AvgIpc) is 4.00. The van der Waals surface area contributed by atoms with E-state index in [0.717, 1.165) is 17.1 Å². The summed E-state index contributed by atoms with van der Waals surface area (Å²) in [6, 6.07) is 86.4. The van der Waals surface area contributed by atoms with Gasteiger partial charge in [-0.1, -0.05) is 170 Å². The zero-order chi connectivity index (χ0) is 41.4. The highest BCUT2D eigenvalue weighted by Gasteiger charge is 2.23. The molecule has 294 valence electrons. The number of hydrogen-bond donors (Lipinski definition) is 0. The van der Waals surface area contributed by atoms with Crippen molar-refractivity contribution >= 4 is 65.4 Å². The van der Waals surface area contributed by atoms with Crippen LogP contribution in [0.15, 0.2) is 237 Å². The minimum atomic E-state index is 1.14. The SMILES string of the molecule is c1ccc(-c2ccc3c(c2)c2c(-c4cccc5c4c4ccccc4n5-c4ccccc4-c4ccccc4-n4c5ccccc5c5ccccc54)cccc2n3-c2ccccc2)cc1. The molecule has 0 aliphatic heterocycles. The monoisotopic (exact) mass is 801 g/mol. The normalized spacial score (nSPS) is 11.8. The van der Waals surface area contributed by atoms with Gasteiger partial charge in [-0.3, -0.25) is 0 Å². The van der Waals surface area contributed by atoms with Crippen molar-refractivity contribution in [2.24, 2.45) is 0 Å². The Hall–Kier alpha value is -8.40. The highest BCUT2D eigenvalue weighted by molar-refractivity contribution is 6.23. The number of nitrogens with zero attached hydrogens (tertiary/aromatic N) is 3. The van der Waals surface area contributed by atoms with Gasteiger partial charge in [-0.05, 0) is 89.0 Å². The predicted octanol–water partition coefficient (Wildman–Crippen LogP) is 16.0. The van der Waals surface area contributed by atoms with Gasteiger partial charge in [0.05, 0.1) is 44.5 Å². The molecule has 3 aromatic heterocycles. The molecule has 0 N–H and O–H groups in total. The molecule has 0 bridgehead atoms. The number of benzene rings is 10. The lowest BCUT2D eigenvalue weighted by molar-refractivity contribution is 1.16. The lowest BCUT2D eigenvalue weighted by Gasteiger charge is -2.18. The van der Waals surface area contributed by atoms with Crippen molar-refractivity contribution in [1.82, 2.24) is 13.7 Å². The molecule has 3 heteroatoms. The molecule has 0 unspecified atom stereocenters. The van der Waals surface area contributed by atoms with Gasteiger partial charge in [0.1, 0.15) is 0 Å². The summed E-state index contributed by atoms with van der Waals surface area (Å²) in [5, 5.41) is 7.46. The van der Waals surface area contributed by atoms with Crippen LogP contribution < -0.4 is 0 Å². The van der Waals surface area contributed by atoms with E-state index in [-0.39, 0.29) is 0 Å². The maximum Gasteiger partial charge on any atom is 0.0547 e. The Labute approximate surface area is 364 Å². The van der Waals surface area contributed by atoms with Crippen molar-refractivity contribution < 1.29 is 0 Å². The summed E-state index contributed by atoms with van der Waals surface area (Å²) < 4.78 is 7.36. The number of rotatable bonds is 6. The van der Waals surface area contributed by atoms with Crippen molar-refractivity contribution in [3.8, 4) is 50.4 Å². The molecule has 13 aromatic rings. The third-order valence-electron chi connectivity index (χ3n) is 13.1. The zero-order valence-corrected chi connectivity index (χ0v) is 34.4. The first-order valence-electron chi connectivity index (χ1n) is 21.7. The summed E-state index contributed by atoms with van der Waals surface area (Å²) in [4.78, 5) is 0. The smallest absolute Gasteiger partial charge is 0.0547 e. The fraction of sp³-hybridized carbons (Fsp3) is 0. The van der Waals surface area contributed by atoms with Crippen molar-refractivity contribution in [3.05, 3.63) is 237 Å². The van der Waals surface area contributed by atoms with Gasteiger partial charge in [0.15, 0.2) is 0 Å². The molecule has 63 heavy (non-hydrogen) atoms. The van der Waals surface area contributed by atoms with Crippen LogP contribution in [-0.4, -0.2) is 13.7 Å². The maximum atomic E-state index is 2.49. The summed E-state index contributed by atoms with van der Waals surface area (Å²) >= 11 is 0. The number of aromatic nitrogens is 3. The summed E-state index contributed by atoms with van der Waals surface area (Å²) in [5.41, 5.74) is 17.8. The molecule has 13 rings (SSSR count). The standard InChI is InChI=1S/C60H39N3/c1-3-19-40(20-4-1)41-37-38-56-50(39-41)60-48(29-17-35-57(60)61(56)42-21-5-2-6-22-42)47-28-18-36-58-59(47)49-27-11-16-34-55(49)63(58)54-33-15-10-26-46(54)45-25-9-14-32-53(45)62-51-30-12-7-23-43(51)44-24-8-13-31-52(44)62/h1-39H. The first-order chi connectivity index (χ1) is 31.3. The van der Waals surface area contributed by atoms with Gasteiger partial charge in [-0.15, -0.1) is 0 Å². The summed E-state index contributed by atoms with van der Waals surface area (Å²) in [6.45, 7) is 0. The Morgan fingerprint density at radius 2 is 0.635 bits per heavy atom. The van der Waals surface area contributed by atoms with Gasteiger partial charge >= 0.3 is 0 Å². The second-order valence-electron chi connectivity index (χ2n) is 16.4. The molecular formula is C60H39N3. The Balaban J connectivity index is 1.08. The van der Waals surface area contributed by atoms with Crippen molar-refractivity contribution in [3.63, 3.8) is 0 Å². The minimum Gasteiger partial charge on any atom is -0.309 e. The molecule has 0 spiro atoms. The molecule has 0 saturated heterocycles. The van der Waals surface area contributed by atoms with E-state index >= 15 is 0 Å². The number of hydrogen-bond acceptors (Lipinski definition) is 0. The van der Waals surface area contributed by atoms with E-state index in [4.69, 9.17) is 0 Å². The second kappa shape index (κ2) is 14.1.